The van der Waals surface area contributed by atoms with E-state index in [0.29, 0.717) is 0 Å². The molecule has 0 N–H and O–H groups in total. The zero-order chi connectivity index (χ0) is 9.64. The average Bonchev–Trinajstić information content (AvgIpc) is 2.47. The van der Waals surface area contributed by atoms with E-state index < -0.39 is 5.79 Å². The van der Waals surface area contributed by atoms with Gasteiger partial charge in [-0.05, 0) is 20.8 Å². The van der Waals surface area contributed by atoms with Gasteiger partial charge in [0, 0.05) is 0 Å². The van der Waals surface area contributed by atoms with Gasteiger partial charge in [0.1, 0.15) is 18.3 Å². The van der Waals surface area contributed by atoms with Crippen LogP contribution in [0.3, 0.4) is 0 Å². The van der Waals surface area contributed by atoms with Crippen molar-refractivity contribution in [2.24, 2.45) is 0 Å². The van der Waals surface area contributed by atoms with Crippen molar-refractivity contribution in [3.05, 3.63) is 12.7 Å². The Morgan fingerprint density at radius 1 is 1.23 bits per heavy atom. The van der Waals surface area contributed by atoms with Crippen LogP contribution in [0.15, 0.2) is 12.7 Å². The molecule has 3 nitrogen and oxygen atoms in total. The maximum atomic E-state index is 5.73. The first-order valence-corrected chi connectivity index (χ1v) is 4.67. The molecule has 4 atom stereocenters. The van der Waals surface area contributed by atoms with Crippen molar-refractivity contribution in [2.45, 2.75) is 51.0 Å². The summed E-state index contributed by atoms with van der Waals surface area (Å²) in [6.07, 6.45) is 1.92. The van der Waals surface area contributed by atoms with E-state index in [2.05, 4.69) is 6.58 Å². The van der Waals surface area contributed by atoms with Crippen LogP contribution in [0.25, 0.3) is 0 Å². The molecule has 0 aromatic carbocycles. The lowest BCUT2D eigenvalue weighted by atomic mass is 10.1. The number of hydrogen-bond donors (Lipinski definition) is 0. The van der Waals surface area contributed by atoms with Crippen LogP contribution in [-0.2, 0) is 14.2 Å². The molecule has 2 aliphatic heterocycles. The third-order valence-corrected chi connectivity index (χ3v) is 2.55. The topological polar surface area (TPSA) is 27.7 Å². The van der Waals surface area contributed by atoms with E-state index in [0.717, 1.165) is 0 Å². The number of fused-ring (bicyclic) bond motifs is 1. The molecule has 2 fully saturated rings. The molecule has 13 heavy (non-hydrogen) atoms. The molecule has 0 spiro atoms. The fourth-order valence-electron chi connectivity index (χ4n) is 2.03. The third-order valence-electron chi connectivity index (χ3n) is 2.55. The summed E-state index contributed by atoms with van der Waals surface area (Å²) in [7, 11) is 0. The molecule has 0 radical (unpaired) electrons. The highest BCUT2D eigenvalue weighted by atomic mass is 16.8. The van der Waals surface area contributed by atoms with Gasteiger partial charge in [0.25, 0.3) is 0 Å². The van der Waals surface area contributed by atoms with Crippen molar-refractivity contribution in [1.82, 2.24) is 0 Å². The molecule has 0 amide bonds. The van der Waals surface area contributed by atoms with Gasteiger partial charge in [-0.15, -0.1) is 6.58 Å². The zero-order valence-corrected chi connectivity index (χ0v) is 8.32. The molecule has 74 valence electrons. The summed E-state index contributed by atoms with van der Waals surface area (Å²) < 4.78 is 17.1. The van der Waals surface area contributed by atoms with Gasteiger partial charge in [-0.2, -0.15) is 0 Å². The van der Waals surface area contributed by atoms with E-state index in [1.807, 2.05) is 20.8 Å². The van der Waals surface area contributed by atoms with Crippen molar-refractivity contribution in [2.75, 3.05) is 0 Å². The van der Waals surface area contributed by atoms with Crippen LogP contribution in [-0.4, -0.2) is 30.2 Å². The number of hydrogen-bond acceptors (Lipinski definition) is 3. The average molecular weight is 184 g/mol. The first-order valence-electron chi connectivity index (χ1n) is 4.67. The second-order valence-corrected chi connectivity index (χ2v) is 4.11. The quantitative estimate of drug-likeness (QED) is 0.578. The maximum absolute atomic E-state index is 5.73. The van der Waals surface area contributed by atoms with Crippen molar-refractivity contribution < 1.29 is 14.2 Å². The molecule has 2 heterocycles. The first kappa shape index (κ1) is 9.19. The minimum Gasteiger partial charge on any atom is -0.366 e. The molecule has 3 heteroatoms. The van der Waals surface area contributed by atoms with Crippen LogP contribution in [0.4, 0.5) is 0 Å². The lowest BCUT2D eigenvalue weighted by molar-refractivity contribution is -0.180. The number of rotatable bonds is 1. The highest BCUT2D eigenvalue weighted by Gasteiger charge is 2.52. The van der Waals surface area contributed by atoms with Crippen LogP contribution < -0.4 is 0 Å². The predicted molar refractivity (Wildman–Crippen MR) is 48.4 cm³/mol. The van der Waals surface area contributed by atoms with Gasteiger partial charge < -0.3 is 14.2 Å². The van der Waals surface area contributed by atoms with Crippen molar-refractivity contribution in [3.8, 4) is 0 Å². The van der Waals surface area contributed by atoms with Gasteiger partial charge in [0.15, 0.2) is 5.79 Å². The van der Waals surface area contributed by atoms with Gasteiger partial charge in [-0.1, -0.05) is 6.08 Å². The molecule has 2 rings (SSSR count). The Morgan fingerprint density at radius 3 is 2.46 bits per heavy atom. The molecule has 2 aliphatic rings. The van der Waals surface area contributed by atoms with E-state index in [4.69, 9.17) is 14.2 Å². The Balaban J connectivity index is 2.17. The van der Waals surface area contributed by atoms with E-state index in [1.165, 1.54) is 0 Å². The van der Waals surface area contributed by atoms with Gasteiger partial charge in [0.05, 0.1) is 6.10 Å². The highest BCUT2D eigenvalue weighted by Crippen LogP contribution is 2.38. The Kier molecular flexibility index (Phi) is 1.98. The summed E-state index contributed by atoms with van der Waals surface area (Å²) in [4.78, 5) is 0. The normalized spacial score (nSPS) is 47.6. The van der Waals surface area contributed by atoms with Gasteiger partial charge >= 0.3 is 0 Å². The van der Waals surface area contributed by atoms with Gasteiger partial charge in [-0.25, -0.2) is 0 Å². The fourth-order valence-corrected chi connectivity index (χ4v) is 2.03. The Bertz CT molecular complexity index is 224. The molecule has 0 unspecified atom stereocenters. The molecule has 0 aromatic rings. The molecule has 0 aromatic heterocycles. The van der Waals surface area contributed by atoms with Crippen LogP contribution in [0, 0.1) is 0 Å². The summed E-state index contributed by atoms with van der Waals surface area (Å²) in [6.45, 7) is 9.59. The van der Waals surface area contributed by atoms with Crippen LogP contribution in [0.5, 0.6) is 0 Å². The maximum Gasteiger partial charge on any atom is 0.164 e. The monoisotopic (exact) mass is 184 g/mol. The van der Waals surface area contributed by atoms with E-state index >= 15 is 0 Å². The third kappa shape index (κ3) is 1.41. The fraction of sp³-hybridized carbons (Fsp3) is 0.800. The molecule has 0 saturated carbocycles. The lowest BCUT2D eigenvalue weighted by Crippen LogP contribution is -2.27. The summed E-state index contributed by atoms with van der Waals surface area (Å²) in [6, 6.07) is 0. The second-order valence-electron chi connectivity index (χ2n) is 4.11. The summed E-state index contributed by atoms with van der Waals surface area (Å²) in [5.74, 6) is -0.478. The minimum atomic E-state index is -0.478. The first-order chi connectivity index (χ1) is 6.03. The Hall–Kier alpha value is -0.380. The highest BCUT2D eigenvalue weighted by molar-refractivity contribution is 5.02. The van der Waals surface area contributed by atoms with Gasteiger partial charge in [0.2, 0.25) is 0 Å². The van der Waals surface area contributed by atoms with Crippen LogP contribution in [0.2, 0.25) is 0 Å². The SMILES string of the molecule is C=C[C@@H]1O[C@H](C)[C@H]2OC(C)(C)O[C@H]21. The van der Waals surface area contributed by atoms with Crippen molar-refractivity contribution in [3.63, 3.8) is 0 Å². The smallest absolute Gasteiger partial charge is 0.164 e. The predicted octanol–water partition coefficient (Wildman–Crippen LogP) is 1.48. The molecule has 2 saturated heterocycles. The zero-order valence-electron chi connectivity index (χ0n) is 8.32. The Labute approximate surface area is 78.7 Å². The van der Waals surface area contributed by atoms with Crippen molar-refractivity contribution >= 4 is 0 Å². The standard InChI is InChI=1S/C10H16O3/c1-5-7-9-8(6(2)11-7)12-10(3,4)13-9/h5-9H,1H2,2-4H3/t6-,7+,8-,9+/m1/s1. The minimum absolute atomic E-state index is 0.0162. The molecular formula is C10H16O3. The van der Waals surface area contributed by atoms with E-state index in [1.54, 1.807) is 6.08 Å². The van der Waals surface area contributed by atoms with Gasteiger partial charge in [-0.3, -0.25) is 0 Å². The van der Waals surface area contributed by atoms with Crippen molar-refractivity contribution in [1.29, 1.82) is 0 Å². The van der Waals surface area contributed by atoms with Crippen LogP contribution >= 0.6 is 0 Å². The Morgan fingerprint density at radius 2 is 1.85 bits per heavy atom. The second kappa shape index (κ2) is 2.80. The molecule has 0 aliphatic carbocycles. The largest absolute Gasteiger partial charge is 0.366 e. The molecular weight excluding hydrogens is 168 g/mol. The van der Waals surface area contributed by atoms with E-state index in [-0.39, 0.29) is 24.4 Å². The summed E-state index contributed by atoms with van der Waals surface area (Å²) >= 11 is 0. The lowest BCUT2D eigenvalue weighted by Gasteiger charge is -2.21. The number of ether oxygens (including phenoxy) is 3. The van der Waals surface area contributed by atoms with Crippen LogP contribution in [0.1, 0.15) is 20.8 Å². The summed E-state index contributed by atoms with van der Waals surface area (Å²) in [5, 5.41) is 0. The van der Waals surface area contributed by atoms with E-state index in [9.17, 15) is 0 Å². The molecule has 0 bridgehead atoms. The summed E-state index contributed by atoms with van der Waals surface area (Å²) in [5.41, 5.74) is 0.